The number of esters is 2. The lowest BCUT2D eigenvalue weighted by Crippen LogP contribution is -2.78. The largest absolute Gasteiger partial charge is 0.459 e. The summed E-state index contributed by atoms with van der Waals surface area (Å²) in [6, 6.07) is 4.99. The van der Waals surface area contributed by atoms with Crippen molar-refractivity contribution in [3.8, 4) is 0 Å². The van der Waals surface area contributed by atoms with E-state index in [4.69, 9.17) is 32.7 Å². The van der Waals surface area contributed by atoms with Gasteiger partial charge in [0.15, 0.2) is 5.78 Å². The molecule has 0 amide bonds. The first kappa shape index (κ1) is 35.8. The van der Waals surface area contributed by atoms with Gasteiger partial charge in [0.05, 0.1) is 5.41 Å². The van der Waals surface area contributed by atoms with Crippen molar-refractivity contribution in [1.82, 2.24) is 0 Å². The maximum atomic E-state index is 13.3. The van der Waals surface area contributed by atoms with E-state index in [2.05, 4.69) is 0 Å². The van der Waals surface area contributed by atoms with Crippen LogP contribution >= 0.6 is 23.2 Å². The molecule has 1 aromatic rings. The number of allylic oxidation sites excluding steroid dienone is 1. The van der Waals surface area contributed by atoms with Gasteiger partial charge in [0.25, 0.3) is 0 Å². The van der Waals surface area contributed by atoms with E-state index in [0.717, 1.165) is 11.1 Å². The minimum Gasteiger partial charge on any atom is -0.459 e. The highest BCUT2D eigenvalue weighted by Gasteiger charge is 2.81. The van der Waals surface area contributed by atoms with Crippen LogP contribution < -0.4 is 0 Å². The summed E-state index contributed by atoms with van der Waals surface area (Å²) in [6.07, 6.45) is 6.38. The predicted molar refractivity (Wildman–Crippen MR) is 179 cm³/mol. The molecule has 256 valence electrons. The Morgan fingerprint density at radius 1 is 1.00 bits per heavy atom. The van der Waals surface area contributed by atoms with E-state index in [0.29, 0.717) is 34.9 Å². The second-order valence-electron chi connectivity index (χ2n) is 14.8. The second-order valence-corrected chi connectivity index (χ2v) is 15.7. The average molecular weight is 690 g/mol. The molecule has 1 unspecified atom stereocenters. The van der Waals surface area contributed by atoms with Gasteiger partial charge in [0.2, 0.25) is 0 Å². The molecule has 0 bridgehead atoms. The van der Waals surface area contributed by atoms with E-state index in [1.54, 1.807) is 31.2 Å². The van der Waals surface area contributed by atoms with Gasteiger partial charge in [-0.15, -0.1) is 0 Å². The summed E-state index contributed by atoms with van der Waals surface area (Å²) in [4.78, 5) is 39.1. The minimum absolute atomic E-state index is 0.0368. The van der Waals surface area contributed by atoms with Crippen molar-refractivity contribution in [1.29, 1.82) is 0 Å². The second kappa shape index (κ2) is 12.4. The van der Waals surface area contributed by atoms with E-state index in [1.165, 1.54) is 19.1 Å². The number of aliphatic hydroxyl groups is 3. The number of ether oxygens (including phenoxy) is 2. The van der Waals surface area contributed by atoms with Gasteiger partial charge in [-0.25, -0.2) is 9.59 Å². The van der Waals surface area contributed by atoms with E-state index in [9.17, 15) is 29.7 Å². The molecule has 1 aromatic carbocycles. The van der Waals surface area contributed by atoms with E-state index in [-0.39, 0.29) is 31.6 Å². The van der Waals surface area contributed by atoms with Crippen molar-refractivity contribution in [2.75, 3.05) is 0 Å². The Morgan fingerprint density at radius 3 is 2.34 bits per heavy atom. The third-order valence-corrected chi connectivity index (χ3v) is 12.9. The first-order valence-electron chi connectivity index (χ1n) is 16.4. The van der Waals surface area contributed by atoms with Crippen molar-refractivity contribution >= 4 is 47.0 Å². The van der Waals surface area contributed by atoms with Crippen LogP contribution in [0.2, 0.25) is 10.0 Å². The van der Waals surface area contributed by atoms with Crippen LogP contribution in [0.15, 0.2) is 47.6 Å². The summed E-state index contributed by atoms with van der Waals surface area (Å²) < 4.78 is 11.9. The SMILES string of the molecule is CC(=O)[C@]1(O)CC[C@@]2(O)[C@]1(C)[C@H](OC(=O)/C=C(\C)C(C)C)CC1[C@@]3(C)CC[C@H](OC(=O)/C=C/c4ccc(Cl)cc4Cl)CC3=CC[C@]12O. The third kappa shape index (κ3) is 5.62. The smallest absolute Gasteiger partial charge is 0.331 e. The molecule has 0 saturated heterocycles. The molecule has 0 aliphatic heterocycles. The number of hydrogen-bond donors (Lipinski definition) is 3. The van der Waals surface area contributed by atoms with Crippen molar-refractivity contribution in [2.45, 2.75) is 115 Å². The van der Waals surface area contributed by atoms with Gasteiger partial charge in [0.1, 0.15) is 29.0 Å². The molecule has 0 radical (unpaired) electrons. The molecule has 0 aromatic heterocycles. The van der Waals surface area contributed by atoms with Gasteiger partial charge in [-0.3, -0.25) is 4.79 Å². The number of carbonyl (C=O) groups is 3. The monoisotopic (exact) mass is 688 g/mol. The van der Waals surface area contributed by atoms with E-state index < -0.39 is 63.5 Å². The molecule has 3 fully saturated rings. The molecule has 8 nitrogen and oxygen atoms in total. The highest BCUT2D eigenvalue weighted by atomic mass is 35.5. The molecule has 0 heterocycles. The average Bonchev–Trinajstić information content (AvgIpc) is 3.22. The molecule has 8 atom stereocenters. The summed E-state index contributed by atoms with van der Waals surface area (Å²) in [5.74, 6) is -2.13. The normalized spacial score (nSPS) is 38.3. The van der Waals surface area contributed by atoms with E-state index in [1.807, 2.05) is 33.8 Å². The molecule has 47 heavy (non-hydrogen) atoms. The number of carbonyl (C=O) groups excluding carboxylic acids is 3. The van der Waals surface area contributed by atoms with Crippen LogP contribution in [-0.4, -0.2) is 62.1 Å². The van der Waals surface area contributed by atoms with Crippen molar-refractivity contribution in [3.05, 3.63) is 63.2 Å². The fraction of sp³-hybridized carbons (Fsp3) is 0.595. The van der Waals surface area contributed by atoms with Crippen LogP contribution in [0.4, 0.5) is 0 Å². The molecule has 3 saturated carbocycles. The number of ketones is 1. The lowest BCUT2D eigenvalue weighted by molar-refractivity contribution is -0.314. The summed E-state index contributed by atoms with van der Waals surface area (Å²) >= 11 is 12.2. The number of halogens is 2. The van der Waals surface area contributed by atoms with Crippen LogP contribution in [0.5, 0.6) is 0 Å². The lowest BCUT2D eigenvalue weighted by atomic mass is 9.42. The molecule has 3 N–H and O–H groups in total. The van der Waals surface area contributed by atoms with Gasteiger partial charge >= 0.3 is 11.9 Å². The Bertz CT molecular complexity index is 1560. The van der Waals surface area contributed by atoms with Crippen molar-refractivity contribution in [2.24, 2.45) is 22.7 Å². The van der Waals surface area contributed by atoms with Crippen LogP contribution in [-0.2, 0) is 23.9 Å². The van der Waals surface area contributed by atoms with E-state index >= 15 is 0 Å². The summed E-state index contributed by atoms with van der Waals surface area (Å²) in [7, 11) is 0. The molecular weight excluding hydrogens is 643 g/mol. The van der Waals surface area contributed by atoms with Crippen molar-refractivity contribution < 1.29 is 39.2 Å². The molecule has 4 aliphatic rings. The first-order valence-corrected chi connectivity index (χ1v) is 17.2. The highest BCUT2D eigenvalue weighted by Crippen LogP contribution is 2.71. The van der Waals surface area contributed by atoms with Gasteiger partial charge in [0, 0.05) is 34.5 Å². The predicted octanol–water partition coefficient (Wildman–Crippen LogP) is 6.56. The Kier molecular flexibility index (Phi) is 9.48. The Labute approximate surface area is 286 Å². The van der Waals surface area contributed by atoms with Gasteiger partial charge < -0.3 is 24.8 Å². The zero-order valence-corrected chi connectivity index (χ0v) is 29.5. The van der Waals surface area contributed by atoms with Crippen LogP contribution in [0.25, 0.3) is 6.08 Å². The standard InChI is InChI=1S/C37H46Cl2O8/c1-21(2)22(3)17-32(42)47-30-20-29-33(5)13-12-27(46-31(41)10-8-24-7-9-26(38)19-28(24)39)18-25(33)11-14-36(29,44)37(45)16-15-35(43,23(4)40)34(30,37)6/h7-11,17,19,21,27,29-30,43-45H,12-16,18,20H2,1-6H3/b10-8+,22-17+/t27-,29?,30+,33-,34+,35+,36-,37+/m0/s1. The number of hydrogen-bond acceptors (Lipinski definition) is 8. The Balaban J connectivity index is 1.44. The number of fused-ring (bicyclic) bond motifs is 5. The maximum absolute atomic E-state index is 13.3. The molecule has 5 rings (SSSR count). The zero-order chi connectivity index (χ0) is 34.7. The summed E-state index contributed by atoms with van der Waals surface area (Å²) in [5, 5.41) is 38.1. The first-order chi connectivity index (χ1) is 21.8. The number of Topliss-reactive ketones (excluding diaryl/α,β-unsaturated/α-hetero) is 1. The maximum Gasteiger partial charge on any atom is 0.331 e. The Morgan fingerprint density at radius 2 is 1.70 bits per heavy atom. The topological polar surface area (TPSA) is 130 Å². The summed E-state index contributed by atoms with van der Waals surface area (Å²) in [5.41, 5.74) is -5.52. The highest BCUT2D eigenvalue weighted by molar-refractivity contribution is 6.35. The third-order valence-electron chi connectivity index (χ3n) is 12.3. The lowest BCUT2D eigenvalue weighted by Gasteiger charge is -2.67. The quantitative estimate of drug-likeness (QED) is 0.167. The fourth-order valence-corrected chi connectivity index (χ4v) is 9.45. The van der Waals surface area contributed by atoms with Gasteiger partial charge in [-0.1, -0.05) is 67.3 Å². The van der Waals surface area contributed by atoms with Crippen LogP contribution in [0.1, 0.15) is 92.1 Å². The minimum atomic E-state index is -2.01. The van der Waals surface area contributed by atoms with Crippen molar-refractivity contribution in [3.63, 3.8) is 0 Å². The Hall–Kier alpha value is -2.49. The van der Waals surface area contributed by atoms with Crippen LogP contribution in [0, 0.1) is 22.7 Å². The molecule has 10 heteroatoms. The van der Waals surface area contributed by atoms with Crippen LogP contribution in [0.3, 0.4) is 0 Å². The molecule has 0 spiro atoms. The summed E-state index contributed by atoms with van der Waals surface area (Å²) in [6.45, 7) is 10.6. The fourth-order valence-electron chi connectivity index (χ4n) is 8.98. The van der Waals surface area contributed by atoms with Gasteiger partial charge in [-0.2, -0.15) is 0 Å². The molecule has 4 aliphatic carbocycles. The molecular formula is C37H46Cl2O8. The van der Waals surface area contributed by atoms with Gasteiger partial charge in [-0.05, 0) is 94.4 Å². The zero-order valence-electron chi connectivity index (χ0n) is 27.9. The number of rotatable bonds is 7. The number of benzene rings is 1.